The van der Waals surface area contributed by atoms with E-state index in [2.05, 4.69) is 11.4 Å². The SMILES string of the molecule is C/C1=C\C=C\[C@@H](C)[C@@H]([C@H](C)CCC/C=C/CCCNC(N)=O)OC(=O)/C=C/C=C/[C@H](C)[C@@H](O)C[C@H](O)[C@@H](C)[C@@H](O)CC[C@H](C)[C@H](O)C[C@@]2(O)O[C@H](C[C@@H](OC(=O)CC(=O)O)C[C@@H](O)C[C@@H](O)C[C@H]1O)C[C@@H](O)[C@@H]2O. The van der Waals surface area contributed by atoms with Crippen LogP contribution in [0.4, 0.5) is 4.79 Å². The molecule has 14 N–H and O–H groups in total. The maximum Gasteiger partial charge on any atom is 0.331 e. The minimum atomic E-state index is -2.53. The molecule has 0 unspecified atom stereocenters. The highest BCUT2D eigenvalue weighted by molar-refractivity contribution is 5.90. The van der Waals surface area contributed by atoms with Crippen molar-refractivity contribution < 1.29 is 89.6 Å². The molecule has 20 nitrogen and oxygen atoms in total. The number of hydrogen-bond donors (Lipinski definition) is 13. The third kappa shape index (κ3) is 25.2. The van der Waals surface area contributed by atoms with E-state index < -0.39 is 134 Å². The van der Waals surface area contributed by atoms with Gasteiger partial charge in [-0.3, -0.25) is 9.59 Å². The van der Waals surface area contributed by atoms with E-state index in [4.69, 9.17) is 19.9 Å². The number of primary amides is 1. The van der Waals surface area contributed by atoms with Crippen molar-refractivity contribution in [2.45, 2.75) is 217 Å². The van der Waals surface area contributed by atoms with Gasteiger partial charge in [-0.15, -0.1) is 0 Å². The molecule has 2 amide bonds. The standard InChI is InChI=1S/C54H90N2O18/c1-32-16-12-13-20-49(67)73-51(35(4)17-11-9-7-8-10-14-23-56-53(55)70)36(5)19-15-18-33(2)43(60)26-39(58)24-38(57)25-40(72-50(68)30-48(65)66)27-41-28-46(63)52(69)54(71,74-41)31-47(64)34(3)21-22-42(59)37(6)45(62)29-44(32)61/h7-8,12-13,15-16,18-20,32,34-47,51-52,57-64,69,71H,9-11,14,17,21-31H2,1-6H3,(H,65,66)(H3,55,56,70)/b8-7+,16-12+,19-15+,20-13+,33-18+/t32-,34-,35+,36+,37-,38-,39+,40-,41+,42-,43+,44-,45-,46+,47+,51+,52-,54+/m0/s1. The number of urea groups is 1. The minimum Gasteiger partial charge on any atom is -0.481 e. The first-order chi connectivity index (χ1) is 34.7. The largest absolute Gasteiger partial charge is 0.481 e. The average Bonchev–Trinajstić information content (AvgIpc) is 3.30. The van der Waals surface area contributed by atoms with Gasteiger partial charge in [0.15, 0.2) is 5.79 Å². The molecule has 1 saturated heterocycles. The van der Waals surface area contributed by atoms with Crippen molar-refractivity contribution in [2.75, 3.05) is 6.54 Å². The lowest BCUT2D eigenvalue weighted by atomic mass is 9.84. The fourth-order valence-electron chi connectivity index (χ4n) is 9.24. The molecule has 2 aliphatic heterocycles. The molecule has 424 valence electrons. The number of allylic oxidation sites excluding steroid dienone is 6. The highest BCUT2D eigenvalue weighted by atomic mass is 16.7. The van der Waals surface area contributed by atoms with E-state index in [1.807, 2.05) is 26.0 Å². The monoisotopic (exact) mass is 1050 g/mol. The number of carboxylic acids is 1. The van der Waals surface area contributed by atoms with Crippen LogP contribution in [0.3, 0.4) is 0 Å². The van der Waals surface area contributed by atoms with Gasteiger partial charge in [0.1, 0.15) is 24.7 Å². The van der Waals surface area contributed by atoms with Crippen molar-refractivity contribution in [1.82, 2.24) is 5.32 Å². The second kappa shape index (κ2) is 33.9. The number of aliphatic hydroxyl groups is 10. The molecule has 0 aromatic carbocycles. The van der Waals surface area contributed by atoms with Crippen LogP contribution in [-0.2, 0) is 28.6 Å². The molecule has 0 radical (unpaired) electrons. The molecule has 74 heavy (non-hydrogen) atoms. The van der Waals surface area contributed by atoms with Gasteiger partial charge >= 0.3 is 23.9 Å². The van der Waals surface area contributed by atoms with Gasteiger partial charge in [-0.25, -0.2) is 9.59 Å². The second-order valence-electron chi connectivity index (χ2n) is 20.9. The number of carbonyl (C=O) groups excluding carboxylic acids is 3. The Morgan fingerprint density at radius 1 is 0.797 bits per heavy atom. The Kier molecular flexibility index (Phi) is 30.2. The Balaban J connectivity index is 2.41. The average molecular weight is 1060 g/mol. The molecule has 20 heteroatoms. The van der Waals surface area contributed by atoms with Crippen LogP contribution in [0.15, 0.2) is 60.3 Å². The van der Waals surface area contributed by atoms with E-state index in [1.54, 1.807) is 52.0 Å². The van der Waals surface area contributed by atoms with Crippen molar-refractivity contribution in [3.05, 3.63) is 60.3 Å². The highest BCUT2D eigenvalue weighted by Crippen LogP contribution is 2.36. The number of carboxylic acid groups (broad SMARTS) is 1. The van der Waals surface area contributed by atoms with E-state index in [1.165, 1.54) is 12.2 Å². The van der Waals surface area contributed by atoms with Crippen LogP contribution >= 0.6 is 0 Å². The van der Waals surface area contributed by atoms with Gasteiger partial charge in [-0.2, -0.15) is 0 Å². The summed E-state index contributed by atoms with van der Waals surface area (Å²) in [6.45, 7) is 11.0. The minimum absolute atomic E-state index is 0.0805. The summed E-state index contributed by atoms with van der Waals surface area (Å²) in [6.07, 6.45) is 1.45. The lowest BCUT2D eigenvalue weighted by molar-refractivity contribution is -0.333. The molecule has 0 aromatic rings. The van der Waals surface area contributed by atoms with Crippen molar-refractivity contribution in [3.63, 3.8) is 0 Å². The fraction of sp³-hybridized carbons (Fsp3) is 0.741. The summed E-state index contributed by atoms with van der Waals surface area (Å²) >= 11 is 0. The van der Waals surface area contributed by atoms with Crippen molar-refractivity contribution in [1.29, 1.82) is 0 Å². The van der Waals surface area contributed by atoms with Gasteiger partial charge < -0.3 is 81.4 Å². The smallest absolute Gasteiger partial charge is 0.331 e. The van der Waals surface area contributed by atoms with Crippen LogP contribution in [0.5, 0.6) is 0 Å². The van der Waals surface area contributed by atoms with Gasteiger partial charge in [0.25, 0.3) is 0 Å². The molecule has 2 bridgehead atoms. The summed E-state index contributed by atoms with van der Waals surface area (Å²) in [5.74, 6) is -7.93. The van der Waals surface area contributed by atoms with E-state index >= 15 is 0 Å². The summed E-state index contributed by atoms with van der Waals surface area (Å²) in [4.78, 5) is 48.0. The first-order valence-corrected chi connectivity index (χ1v) is 26.2. The number of aliphatic carboxylic acids is 1. The summed E-state index contributed by atoms with van der Waals surface area (Å²) in [7, 11) is 0. The van der Waals surface area contributed by atoms with Gasteiger partial charge in [0, 0.05) is 68.9 Å². The Labute approximate surface area is 436 Å². The maximum atomic E-state index is 13.2. The molecule has 2 heterocycles. The molecular weight excluding hydrogens is 965 g/mol. The number of amides is 2. The van der Waals surface area contributed by atoms with Crippen molar-refractivity contribution >= 4 is 23.9 Å². The van der Waals surface area contributed by atoms with Gasteiger partial charge in [0.2, 0.25) is 0 Å². The quantitative estimate of drug-likeness (QED) is 0.0578. The number of hydrogen-bond acceptors (Lipinski definition) is 17. The van der Waals surface area contributed by atoms with E-state index in [0.29, 0.717) is 12.1 Å². The fourth-order valence-corrected chi connectivity index (χ4v) is 9.24. The highest BCUT2D eigenvalue weighted by Gasteiger charge is 2.50. The zero-order valence-electron chi connectivity index (χ0n) is 44.2. The number of carbonyl (C=O) groups is 4. The number of nitrogens with one attached hydrogen (secondary N) is 1. The van der Waals surface area contributed by atoms with Crippen LogP contribution in [0.2, 0.25) is 0 Å². The Morgan fingerprint density at radius 3 is 2.11 bits per heavy atom. The Bertz CT molecular complexity index is 1840. The number of cyclic esters (lactones) is 1. The lowest BCUT2D eigenvalue weighted by Gasteiger charge is -2.45. The number of unbranched alkanes of at least 4 members (excludes halogenated alkanes) is 2. The van der Waals surface area contributed by atoms with Crippen LogP contribution in [0.1, 0.15) is 138 Å². The third-order valence-corrected chi connectivity index (χ3v) is 14.2. The molecule has 18 atom stereocenters. The predicted molar refractivity (Wildman–Crippen MR) is 274 cm³/mol. The molecule has 0 spiro atoms. The molecule has 0 saturated carbocycles. The number of esters is 2. The summed E-state index contributed by atoms with van der Waals surface area (Å²) in [5, 5.41) is 122. The molecular formula is C54H90N2O18. The van der Waals surface area contributed by atoms with Gasteiger partial charge in [-0.1, -0.05) is 83.2 Å². The topological polar surface area (TPSA) is 357 Å². The number of rotatable bonds is 12. The number of aliphatic hydroxyl groups excluding tert-OH is 9. The van der Waals surface area contributed by atoms with Crippen LogP contribution in [0, 0.1) is 29.6 Å². The van der Waals surface area contributed by atoms with Crippen LogP contribution in [0.25, 0.3) is 0 Å². The maximum absolute atomic E-state index is 13.2. The number of fused-ring (bicyclic) bond motifs is 2. The molecule has 0 aliphatic carbocycles. The van der Waals surface area contributed by atoms with E-state index in [9.17, 15) is 75.3 Å². The van der Waals surface area contributed by atoms with Crippen LogP contribution < -0.4 is 11.1 Å². The van der Waals surface area contributed by atoms with E-state index in [-0.39, 0.29) is 63.2 Å². The van der Waals surface area contributed by atoms with Crippen molar-refractivity contribution in [3.8, 4) is 0 Å². The van der Waals surface area contributed by atoms with Crippen LogP contribution in [-0.4, -0.2) is 166 Å². The Morgan fingerprint density at radius 2 is 1.45 bits per heavy atom. The summed E-state index contributed by atoms with van der Waals surface area (Å²) in [6, 6.07) is -0.563. The molecule has 1 fully saturated rings. The molecule has 0 aromatic heterocycles. The Hall–Kier alpha value is -4.06. The third-order valence-electron chi connectivity index (χ3n) is 14.2. The van der Waals surface area contributed by atoms with Crippen molar-refractivity contribution in [2.24, 2.45) is 35.3 Å². The number of nitrogens with two attached hydrogens (primary N) is 1. The predicted octanol–water partition coefficient (Wildman–Crippen LogP) is 3.12. The zero-order valence-corrected chi connectivity index (χ0v) is 44.2. The van der Waals surface area contributed by atoms with Gasteiger partial charge in [0.05, 0.1) is 54.9 Å². The summed E-state index contributed by atoms with van der Waals surface area (Å²) in [5.41, 5.74) is 5.58. The van der Waals surface area contributed by atoms with Gasteiger partial charge in [-0.05, 0) is 75.7 Å². The first-order valence-electron chi connectivity index (χ1n) is 26.2. The first kappa shape index (κ1) is 66.1. The second-order valence-corrected chi connectivity index (χ2v) is 20.9. The molecule has 2 aliphatic rings. The zero-order chi connectivity index (χ0) is 55.7. The molecule has 2 rings (SSSR count). The van der Waals surface area contributed by atoms with E-state index in [0.717, 1.165) is 32.1 Å². The normalized spacial score (nSPS) is 37.9. The summed E-state index contributed by atoms with van der Waals surface area (Å²) < 4.78 is 17.3. The number of ether oxygens (including phenoxy) is 3. The lowest BCUT2D eigenvalue weighted by Crippen LogP contribution is -2.60.